The first-order valence-corrected chi connectivity index (χ1v) is 5.38. The number of methoxy groups -OCH3 is 1. The Morgan fingerprint density at radius 2 is 2.12 bits per heavy atom. The molecule has 0 bridgehead atoms. The minimum absolute atomic E-state index is 0.0918. The van der Waals surface area contributed by atoms with E-state index in [2.05, 4.69) is 5.32 Å². The summed E-state index contributed by atoms with van der Waals surface area (Å²) >= 11 is 0. The summed E-state index contributed by atoms with van der Waals surface area (Å²) < 4.78 is 5.09. The third kappa shape index (κ3) is 3.42. The summed E-state index contributed by atoms with van der Waals surface area (Å²) in [5, 5.41) is 14.1. The molecule has 0 aliphatic heterocycles. The van der Waals surface area contributed by atoms with Crippen LogP contribution in [-0.2, 0) is 4.74 Å². The number of aryl methyl sites for hydroxylation is 1. The van der Waals surface area contributed by atoms with Gasteiger partial charge in [-0.15, -0.1) is 0 Å². The van der Waals surface area contributed by atoms with E-state index in [4.69, 9.17) is 4.74 Å². The maximum atomic E-state index is 11.0. The highest BCUT2D eigenvalue weighted by molar-refractivity contribution is 5.66. The molecule has 0 atom stereocenters. The first-order valence-electron chi connectivity index (χ1n) is 5.38. The van der Waals surface area contributed by atoms with Crippen LogP contribution in [-0.4, -0.2) is 24.2 Å². The summed E-state index contributed by atoms with van der Waals surface area (Å²) in [5.41, 5.74) is 1.14. The molecule has 0 saturated heterocycles. The van der Waals surface area contributed by atoms with E-state index in [0.717, 1.165) is 5.56 Å². The second kappa shape index (κ2) is 5.14. The highest BCUT2D eigenvalue weighted by Crippen LogP contribution is 2.30. The molecule has 5 heteroatoms. The van der Waals surface area contributed by atoms with Gasteiger partial charge in [0.2, 0.25) is 0 Å². The molecule has 1 rings (SSSR count). The zero-order chi connectivity index (χ0) is 13.1. The molecule has 17 heavy (non-hydrogen) atoms. The van der Waals surface area contributed by atoms with E-state index >= 15 is 0 Å². The molecule has 1 aromatic rings. The largest absolute Gasteiger partial charge is 0.382 e. The van der Waals surface area contributed by atoms with Gasteiger partial charge in [-0.3, -0.25) is 10.1 Å². The maximum Gasteiger partial charge on any atom is 0.292 e. The molecule has 0 unspecified atom stereocenters. The van der Waals surface area contributed by atoms with Crippen LogP contribution in [0.15, 0.2) is 18.2 Å². The molecular formula is C12H18N2O3. The quantitative estimate of drug-likeness (QED) is 0.632. The number of anilines is 1. The Bertz CT molecular complexity index is 416. The fraction of sp³-hybridized carbons (Fsp3) is 0.500. The van der Waals surface area contributed by atoms with E-state index in [0.29, 0.717) is 12.3 Å². The van der Waals surface area contributed by atoms with Gasteiger partial charge in [-0.1, -0.05) is 12.1 Å². The van der Waals surface area contributed by atoms with Gasteiger partial charge in [0.15, 0.2) is 0 Å². The number of benzene rings is 1. The van der Waals surface area contributed by atoms with E-state index in [-0.39, 0.29) is 16.1 Å². The Balaban J connectivity index is 3.08. The normalized spacial score (nSPS) is 11.3. The molecule has 5 nitrogen and oxygen atoms in total. The number of nitrogens with zero attached hydrogens (tertiary/aromatic N) is 1. The van der Waals surface area contributed by atoms with E-state index in [1.165, 1.54) is 6.07 Å². The summed E-state index contributed by atoms with van der Waals surface area (Å²) in [6.07, 6.45) is 0. The van der Waals surface area contributed by atoms with Crippen LogP contribution in [0.2, 0.25) is 0 Å². The zero-order valence-corrected chi connectivity index (χ0v) is 10.6. The van der Waals surface area contributed by atoms with Crippen molar-refractivity contribution in [3.63, 3.8) is 0 Å². The van der Waals surface area contributed by atoms with Gasteiger partial charge in [0, 0.05) is 13.2 Å². The van der Waals surface area contributed by atoms with Gasteiger partial charge in [0.05, 0.1) is 17.1 Å². The van der Waals surface area contributed by atoms with Crippen molar-refractivity contribution in [1.82, 2.24) is 0 Å². The molecular weight excluding hydrogens is 220 g/mol. The number of nitro benzene ring substituents is 1. The molecule has 0 saturated carbocycles. The van der Waals surface area contributed by atoms with Crippen molar-refractivity contribution in [2.45, 2.75) is 26.3 Å². The molecule has 0 aromatic heterocycles. The summed E-state index contributed by atoms with van der Waals surface area (Å²) in [4.78, 5) is 10.6. The van der Waals surface area contributed by atoms with Crippen LogP contribution in [0.3, 0.4) is 0 Å². The molecule has 0 aliphatic rings. The van der Waals surface area contributed by atoms with E-state index in [9.17, 15) is 10.1 Å². The number of hydrogen-bond donors (Lipinski definition) is 1. The van der Waals surface area contributed by atoms with Gasteiger partial charge < -0.3 is 10.1 Å². The van der Waals surface area contributed by atoms with E-state index in [1.54, 1.807) is 13.2 Å². The molecule has 0 fully saturated rings. The average Bonchev–Trinajstić information content (AvgIpc) is 2.20. The van der Waals surface area contributed by atoms with Crippen LogP contribution in [0.4, 0.5) is 11.4 Å². The predicted molar refractivity (Wildman–Crippen MR) is 67.4 cm³/mol. The molecule has 1 N–H and O–H groups in total. The smallest absolute Gasteiger partial charge is 0.292 e. The molecule has 0 aliphatic carbocycles. The third-order valence-electron chi connectivity index (χ3n) is 2.42. The number of hydrogen-bond acceptors (Lipinski definition) is 4. The van der Waals surface area contributed by atoms with Gasteiger partial charge >= 0.3 is 0 Å². The van der Waals surface area contributed by atoms with Crippen LogP contribution in [0.5, 0.6) is 0 Å². The van der Waals surface area contributed by atoms with Crippen LogP contribution in [0.25, 0.3) is 0 Å². The molecule has 1 aromatic carbocycles. The molecule has 0 amide bonds. The lowest BCUT2D eigenvalue weighted by atomic mass is 10.0. The Morgan fingerprint density at radius 1 is 1.47 bits per heavy atom. The number of nitro groups is 1. The summed E-state index contributed by atoms with van der Waals surface area (Å²) in [6, 6.07) is 5.03. The third-order valence-corrected chi connectivity index (χ3v) is 2.42. The second-order valence-electron chi connectivity index (χ2n) is 4.67. The lowest BCUT2D eigenvalue weighted by molar-refractivity contribution is -0.384. The fourth-order valence-electron chi connectivity index (χ4n) is 1.70. The lowest BCUT2D eigenvalue weighted by Gasteiger charge is -2.27. The summed E-state index contributed by atoms with van der Waals surface area (Å²) in [5.74, 6) is 0. The monoisotopic (exact) mass is 238 g/mol. The molecule has 0 heterocycles. The van der Waals surface area contributed by atoms with Crippen LogP contribution < -0.4 is 5.32 Å². The van der Waals surface area contributed by atoms with Crippen molar-refractivity contribution in [2.75, 3.05) is 19.0 Å². The first kappa shape index (κ1) is 13.4. The lowest BCUT2D eigenvalue weighted by Crippen LogP contribution is -2.36. The minimum atomic E-state index is -0.377. The average molecular weight is 238 g/mol. The van der Waals surface area contributed by atoms with Gasteiger partial charge in [-0.05, 0) is 26.3 Å². The standard InChI is InChI=1S/C12H18N2O3/c1-9-6-5-7-10(14(15)16)11(9)13-12(2,3)8-17-4/h5-7,13H,8H2,1-4H3. The Kier molecular flexibility index (Phi) is 4.07. The summed E-state index contributed by atoms with van der Waals surface area (Å²) in [7, 11) is 1.61. The van der Waals surface area contributed by atoms with Gasteiger partial charge in [-0.2, -0.15) is 0 Å². The SMILES string of the molecule is COCC(C)(C)Nc1c(C)cccc1[N+](=O)[O-]. The number of nitrogens with one attached hydrogen (secondary N) is 1. The Labute approximate surface area is 101 Å². The van der Waals surface area contributed by atoms with Crippen molar-refractivity contribution in [2.24, 2.45) is 0 Å². The molecule has 0 spiro atoms. The van der Waals surface area contributed by atoms with Crippen molar-refractivity contribution < 1.29 is 9.66 Å². The Morgan fingerprint density at radius 3 is 2.65 bits per heavy atom. The van der Waals surface area contributed by atoms with Crippen LogP contribution in [0, 0.1) is 17.0 Å². The molecule has 94 valence electrons. The van der Waals surface area contributed by atoms with Crippen molar-refractivity contribution in [3.05, 3.63) is 33.9 Å². The number of para-hydroxylation sites is 1. The minimum Gasteiger partial charge on any atom is -0.382 e. The van der Waals surface area contributed by atoms with E-state index in [1.807, 2.05) is 26.8 Å². The van der Waals surface area contributed by atoms with Crippen molar-refractivity contribution >= 4 is 11.4 Å². The Hall–Kier alpha value is -1.62. The highest BCUT2D eigenvalue weighted by Gasteiger charge is 2.23. The fourth-order valence-corrected chi connectivity index (χ4v) is 1.70. The van der Waals surface area contributed by atoms with Crippen LogP contribution in [0.1, 0.15) is 19.4 Å². The number of ether oxygens (including phenoxy) is 1. The van der Waals surface area contributed by atoms with Crippen LogP contribution >= 0.6 is 0 Å². The van der Waals surface area contributed by atoms with Crippen molar-refractivity contribution in [3.8, 4) is 0 Å². The zero-order valence-electron chi connectivity index (χ0n) is 10.6. The predicted octanol–water partition coefficient (Wildman–Crippen LogP) is 2.74. The maximum absolute atomic E-state index is 11.0. The van der Waals surface area contributed by atoms with E-state index < -0.39 is 0 Å². The van der Waals surface area contributed by atoms with Gasteiger partial charge in [0.1, 0.15) is 5.69 Å². The number of rotatable bonds is 5. The van der Waals surface area contributed by atoms with Gasteiger partial charge in [-0.25, -0.2) is 0 Å². The summed E-state index contributed by atoms with van der Waals surface area (Å²) in [6.45, 7) is 6.19. The first-order chi connectivity index (χ1) is 7.87. The molecule has 0 radical (unpaired) electrons. The van der Waals surface area contributed by atoms with Gasteiger partial charge in [0.25, 0.3) is 5.69 Å². The topological polar surface area (TPSA) is 64.4 Å². The van der Waals surface area contributed by atoms with Crippen molar-refractivity contribution in [1.29, 1.82) is 0 Å². The highest BCUT2D eigenvalue weighted by atomic mass is 16.6. The second-order valence-corrected chi connectivity index (χ2v) is 4.67.